The largest absolute Gasteiger partial charge is 0.261 e. The van der Waals surface area contributed by atoms with Crippen LogP contribution in [0, 0.1) is 11.3 Å². The molecule has 16 heavy (non-hydrogen) atoms. The van der Waals surface area contributed by atoms with Crippen LogP contribution in [0.1, 0.15) is 5.56 Å². The van der Waals surface area contributed by atoms with Gasteiger partial charge >= 0.3 is 0 Å². The molecule has 0 aliphatic carbocycles. The molecule has 5 heteroatoms. The van der Waals surface area contributed by atoms with Gasteiger partial charge in [-0.3, -0.25) is 0 Å². The zero-order chi connectivity index (χ0) is 11.8. The van der Waals surface area contributed by atoms with Crippen LogP contribution in [-0.2, 0) is 9.05 Å². The van der Waals surface area contributed by atoms with Crippen LogP contribution < -0.4 is 0 Å². The Kier molecular flexibility index (Phi) is 2.58. The summed E-state index contributed by atoms with van der Waals surface area (Å²) < 4.78 is 22.3. The summed E-state index contributed by atoms with van der Waals surface area (Å²) in [6, 6.07) is 11.7. The third-order valence-corrected chi connectivity index (χ3v) is 3.61. The highest BCUT2D eigenvalue weighted by molar-refractivity contribution is 8.13. The SMILES string of the molecule is N#Cc1cccc2ccc(S(=O)(=O)Cl)cc12. The summed E-state index contributed by atoms with van der Waals surface area (Å²) >= 11 is 0. The molecule has 0 bridgehead atoms. The fraction of sp³-hybridized carbons (Fsp3) is 0. The average molecular weight is 252 g/mol. The number of rotatable bonds is 1. The highest BCUT2D eigenvalue weighted by Gasteiger charge is 2.11. The lowest BCUT2D eigenvalue weighted by molar-refractivity contribution is 0.609. The van der Waals surface area contributed by atoms with E-state index in [9.17, 15) is 8.42 Å². The Morgan fingerprint density at radius 3 is 2.56 bits per heavy atom. The second-order valence-corrected chi connectivity index (χ2v) is 5.80. The molecule has 0 fully saturated rings. The minimum Gasteiger partial charge on any atom is -0.207 e. The molecule has 3 nitrogen and oxygen atoms in total. The summed E-state index contributed by atoms with van der Waals surface area (Å²) in [5.41, 5.74) is 0.430. The smallest absolute Gasteiger partial charge is 0.207 e. The summed E-state index contributed by atoms with van der Waals surface area (Å²) in [5.74, 6) is 0. The molecule has 0 aliphatic rings. The van der Waals surface area contributed by atoms with Crippen LogP contribution in [0.4, 0.5) is 0 Å². The zero-order valence-corrected chi connectivity index (χ0v) is 9.59. The van der Waals surface area contributed by atoms with E-state index in [-0.39, 0.29) is 4.90 Å². The van der Waals surface area contributed by atoms with Gasteiger partial charge in [-0.1, -0.05) is 18.2 Å². The van der Waals surface area contributed by atoms with Crippen LogP contribution >= 0.6 is 10.7 Å². The van der Waals surface area contributed by atoms with Crippen molar-refractivity contribution in [3.63, 3.8) is 0 Å². The quantitative estimate of drug-likeness (QED) is 0.732. The summed E-state index contributed by atoms with van der Waals surface area (Å²) in [6.07, 6.45) is 0. The number of hydrogen-bond acceptors (Lipinski definition) is 3. The minimum absolute atomic E-state index is 0.00404. The molecule has 0 heterocycles. The maximum absolute atomic E-state index is 11.2. The first kappa shape index (κ1) is 10.9. The Bertz CT molecular complexity index is 701. The van der Waals surface area contributed by atoms with E-state index >= 15 is 0 Å². The van der Waals surface area contributed by atoms with Gasteiger partial charge in [-0.15, -0.1) is 0 Å². The van der Waals surface area contributed by atoms with Crippen LogP contribution in [-0.4, -0.2) is 8.42 Å². The predicted octanol–water partition coefficient (Wildman–Crippen LogP) is 2.64. The number of benzene rings is 2. The number of hydrogen-bond donors (Lipinski definition) is 0. The highest BCUT2D eigenvalue weighted by atomic mass is 35.7. The number of nitriles is 1. The Morgan fingerprint density at radius 2 is 1.94 bits per heavy atom. The monoisotopic (exact) mass is 251 g/mol. The molecule has 0 saturated carbocycles. The molecular weight excluding hydrogens is 246 g/mol. The number of halogens is 1. The van der Waals surface area contributed by atoms with Crippen molar-refractivity contribution < 1.29 is 8.42 Å². The lowest BCUT2D eigenvalue weighted by Gasteiger charge is -2.01. The fourth-order valence-electron chi connectivity index (χ4n) is 1.50. The molecule has 0 unspecified atom stereocenters. The van der Waals surface area contributed by atoms with Crippen LogP contribution in [0.5, 0.6) is 0 Å². The normalized spacial score (nSPS) is 11.2. The van der Waals surface area contributed by atoms with Gasteiger partial charge in [0.2, 0.25) is 0 Å². The van der Waals surface area contributed by atoms with Gasteiger partial charge in [-0.25, -0.2) is 8.42 Å². The topological polar surface area (TPSA) is 57.9 Å². The van der Waals surface area contributed by atoms with Gasteiger partial charge in [-0.05, 0) is 23.6 Å². The Hall–Kier alpha value is -1.57. The van der Waals surface area contributed by atoms with E-state index in [1.807, 2.05) is 6.07 Å². The minimum atomic E-state index is -3.76. The van der Waals surface area contributed by atoms with E-state index in [1.165, 1.54) is 12.1 Å². The van der Waals surface area contributed by atoms with E-state index in [2.05, 4.69) is 0 Å². The molecule has 0 aliphatic heterocycles. The van der Waals surface area contributed by atoms with Crippen LogP contribution in [0.15, 0.2) is 41.3 Å². The highest BCUT2D eigenvalue weighted by Crippen LogP contribution is 2.24. The molecule has 0 atom stereocenters. The second kappa shape index (κ2) is 3.78. The lowest BCUT2D eigenvalue weighted by atomic mass is 10.1. The maximum Gasteiger partial charge on any atom is 0.261 e. The van der Waals surface area contributed by atoms with E-state index in [0.717, 1.165) is 5.39 Å². The molecule has 0 amide bonds. The Labute approximate surface area is 97.3 Å². The molecule has 0 spiro atoms. The van der Waals surface area contributed by atoms with Crippen molar-refractivity contribution in [3.05, 3.63) is 42.0 Å². The van der Waals surface area contributed by atoms with Gasteiger partial charge in [0.1, 0.15) is 0 Å². The Morgan fingerprint density at radius 1 is 1.19 bits per heavy atom. The predicted molar refractivity (Wildman–Crippen MR) is 61.7 cm³/mol. The van der Waals surface area contributed by atoms with Crippen molar-refractivity contribution in [1.82, 2.24) is 0 Å². The van der Waals surface area contributed by atoms with Crippen LogP contribution in [0.3, 0.4) is 0 Å². The third kappa shape index (κ3) is 1.87. The molecular formula is C11H6ClNO2S. The molecule has 2 aromatic rings. The van der Waals surface area contributed by atoms with Crippen molar-refractivity contribution in [2.75, 3.05) is 0 Å². The first-order valence-corrected chi connectivity index (χ1v) is 6.71. The van der Waals surface area contributed by atoms with Crippen molar-refractivity contribution >= 4 is 30.5 Å². The molecule has 0 aromatic heterocycles. The average Bonchev–Trinajstić information content (AvgIpc) is 2.26. The summed E-state index contributed by atoms with van der Waals surface area (Å²) in [4.78, 5) is 0.00404. The van der Waals surface area contributed by atoms with E-state index < -0.39 is 9.05 Å². The van der Waals surface area contributed by atoms with Crippen LogP contribution in [0.2, 0.25) is 0 Å². The van der Waals surface area contributed by atoms with Gasteiger partial charge in [0.05, 0.1) is 16.5 Å². The Balaban J connectivity index is 2.85. The molecule has 2 aromatic carbocycles. The second-order valence-electron chi connectivity index (χ2n) is 3.24. The zero-order valence-electron chi connectivity index (χ0n) is 8.01. The molecule has 0 radical (unpaired) electrons. The number of fused-ring (bicyclic) bond motifs is 1. The van der Waals surface area contributed by atoms with E-state index in [1.54, 1.807) is 24.3 Å². The van der Waals surface area contributed by atoms with Gasteiger partial charge in [-0.2, -0.15) is 5.26 Å². The van der Waals surface area contributed by atoms with E-state index in [4.69, 9.17) is 15.9 Å². The first-order chi connectivity index (χ1) is 7.52. The van der Waals surface area contributed by atoms with Crippen LogP contribution in [0.25, 0.3) is 10.8 Å². The summed E-state index contributed by atoms with van der Waals surface area (Å²) in [6.45, 7) is 0. The van der Waals surface area contributed by atoms with Crippen molar-refractivity contribution in [2.45, 2.75) is 4.90 Å². The fourth-order valence-corrected chi connectivity index (χ4v) is 2.28. The third-order valence-electron chi connectivity index (χ3n) is 2.26. The molecule has 2 rings (SSSR count). The summed E-state index contributed by atoms with van der Waals surface area (Å²) in [7, 11) is 1.49. The van der Waals surface area contributed by atoms with Gasteiger partial charge < -0.3 is 0 Å². The van der Waals surface area contributed by atoms with Gasteiger partial charge in [0.15, 0.2) is 0 Å². The summed E-state index contributed by atoms with van der Waals surface area (Å²) in [5, 5.41) is 10.3. The molecule has 0 N–H and O–H groups in total. The number of nitrogens with zero attached hydrogens (tertiary/aromatic N) is 1. The van der Waals surface area contributed by atoms with E-state index in [0.29, 0.717) is 10.9 Å². The molecule has 0 saturated heterocycles. The lowest BCUT2D eigenvalue weighted by Crippen LogP contribution is -1.90. The van der Waals surface area contributed by atoms with Gasteiger partial charge in [0, 0.05) is 16.1 Å². The maximum atomic E-state index is 11.2. The van der Waals surface area contributed by atoms with Crippen molar-refractivity contribution in [1.29, 1.82) is 5.26 Å². The molecule has 80 valence electrons. The van der Waals surface area contributed by atoms with Gasteiger partial charge in [0.25, 0.3) is 9.05 Å². The first-order valence-electron chi connectivity index (χ1n) is 4.40. The van der Waals surface area contributed by atoms with Crippen molar-refractivity contribution in [3.8, 4) is 6.07 Å². The van der Waals surface area contributed by atoms with Crippen molar-refractivity contribution in [2.24, 2.45) is 0 Å². The standard InChI is InChI=1S/C11H6ClNO2S/c12-16(14,15)10-5-4-8-2-1-3-9(7-13)11(8)6-10/h1-6H.